The van der Waals surface area contributed by atoms with Gasteiger partial charge in [0.25, 0.3) is 0 Å². The third kappa shape index (κ3) is 3.77. The molecule has 2 N–H and O–H groups in total. The molecule has 0 radical (unpaired) electrons. The summed E-state index contributed by atoms with van der Waals surface area (Å²) in [6.07, 6.45) is 0. The van der Waals surface area contributed by atoms with E-state index >= 15 is 0 Å². The van der Waals surface area contributed by atoms with Crippen molar-refractivity contribution in [3.63, 3.8) is 0 Å². The number of hydrogen-bond donors (Lipinski definition) is 1. The molecule has 1 aliphatic rings. The number of rotatable bonds is 4. The summed E-state index contributed by atoms with van der Waals surface area (Å²) in [5.74, 6) is 0. The van der Waals surface area contributed by atoms with Crippen LogP contribution in [0.5, 0.6) is 0 Å². The van der Waals surface area contributed by atoms with E-state index in [0.717, 1.165) is 37.7 Å². The van der Waals surface area contributed by atoms with Crippen LogP contribution in [0.1, 0.15) is 9.75 Å². The van der Waals surface area contributed by atoms with E-state index in [2.05, 4.69) is 28.0 Å². The Kier molecular flexibility index (Phi) is 4.80. The molecule has 1 saturated heterocycles. The van der Waals surface area contributed by atoms with Crippen molar-refractivity contribution in [2.24, 2.45) is 5.73 Å². The van der Waals surface area contributed by atoms with Crippen molar-refractivity contribution in [2.75, 3.05) is 31.1 Å². The lowest BCUT2D eigenvalue weighted by Crippen LogP contribution is -2.45. The van der Waals surface area contributed by atoms with Gasteiger partial charge < -0.3 is 10.6 Å². The van der Waals surface area contributed by atoms with E-state index in [1.807, 2.05) is 29.5 Å². The zero-order chi connectivity index (χ0) is 14.7. The average Bonchev–Trinajstić information content (AvgIpc) is 2.96. The molecule has 2 aromatic rings. The first-order valence-electron chi connectivity index (χ1n) is 7.25. The summed E-state index contributed by atoms with van der Waals surface area (Å²) >= 11 is 7.90. The number of hydrogen-bond acceptors (Lipinski definition) is 4. The Morgan fingerprint density at radius 3 is 2.48 bits per heavy atom. The lowest BCUT2D eigenvalue weighted by atomic mass is 10.2. The third-order valence-electron chi connectivity index (χ3n) is 3.84. The standard InChI is InChI=1S/C16H20ClN3S/c17-13-2-1-3-14(10-13)20-8-6-19(7-9-20)12-16-5-4-15(11-18)21-16/h1-5,10H,6-9,11-12,18H2. The minimum absolute atomic E-state index is 0.646. The maximum atomic E-state index is 6.07. The Balaban J connectivity index is 1.55. The second-order valence-corrected chi connectivity index (χ2v) is 7.00. The molecule has 0 atom stereocenters. The summed E-state index contributed by atoms with van der Waals surface area (Å²) in [7, 11) is 0. The fraction of sp³-hybridized carbons (Fsp3) is 0.375. The van der Waals surface area contributed by atoms with Crippen molar-refractivity contribution in [2.45, 2.75) is 13.1 Å². The highest BCUT2D eigenvalue weighted by atomic mass is 35.5. The minimum Gasteiger partial charge on any atom is -0.369 e. The molecule has 1 aromatic carbocycles. The molecule has 3 rings (SSSR count). The smallest absolute Gasteiger partial charge is 0.0426 e. The van der Waals surface area contributed by atoms with Crippen LogP contribution in [-0.2, 0) is 13.1 Å². The van der Waals surface area contributed by atoms with E-state index in [4.69, 9.17) is 17.3 Å². The largest absolute Gasteiger partial charge is 0.369 e. The summed E-state index contributed by atoms with van der Waals surface area (Å²) < 4.78 is 0. The molecule has 0 aliphatic carbocycles. The molecule has 21 heavy (non-hydrogen) atoms. The quantitative estimate of drug-likeness (QED) is 0.938. The molecule has 2 heterocycles. The van der Waals surface area contributed by atoms with Crippen molar-refractivity contribution >= 4 is 28.6 Å². The Morgan fingerprint density at radius 1 is 1.05 bits per heavy atom. The molecule has 1 aliphatic heterocycles. The molecule has 3 nitrogen and oxygen atoms in total. The van der Waals surface area contributed by atoms with Gasteiger partial charge in [-0.25, -0.2) is 0 Å². The number of nitrogens with zero attached hydrogens (tertiary/aromatic N) is 2. The van der Waals surface area contributed by atoms with Crippen LogP contribution in [0.3, 0.4) is 0 Å². The molecule has 5 heteroatoms. The predicted octanol–water partition coefficient (Wildman–Crippen LogP) is 3.18. The van der Waals surface area contributed by atoms with Crippen LogP contribution in [0.25, 0.3) is 0 Å². The third-order valence-corrected chi connectivity index (χ3v) is 5.17. The van der Waals surface area contributed by atoms with Crippen LogP contribution in [0.4, 0.5) is 5.69 Å². The van der Waals surface area contributed by atoms with E-state index < -0.39 is 0 Å². The number of piperazine rings is 1. The summed E-state index contributed by atoms with van der Waals surface area (Å²) in [5.41, 5.74) is 6.90. The van der Waals surface area contributed by atoms with Gasteiger partial charge in [-0.2, -0.15) is 0 Å². The van der Waals surface area contributed by atoms with Gasteiger partial charge in [-0.1, -0.05) is 17.7 Å². The van der Waals surface area contributed by atoms with Crippen molar-refractivity contribution in [3.8, 4) is 0 Å². The summed E-state index contributed by atoms with van der Waals surface area (Å²) in [5, 5.41) is 0.808. The molecule has 1 aromatic heterocycles. The molecule has 0 saturated carbocycles. The minimum atomic E-state index is 0.646. The van der Waals surface area contributed by atoms with Crippen molar-refractivity contribution in [3.05, 3.63) is 51.2 Å². The second-order valence-electron chi connectivity index (χ2n) is 5.32. The van der Waals surface area contributed by atoms with Gasteiger partial charge in [-0.3, -0.25) is 4.90 Å². The second kappa shape index (κ2) is 6.79. The van der Waals surface area contributed by atoms with Gasteiger partial charge in [-0.15, -0.1) is 11.3 Å². The van der Waals surface area contributed by atoms with Gasteiger partial charge in [-0.05, 0) is 30.3 Å². The highest BCUT2D eigenvalue weighted by Crippen LogP contribution is 2.22. The van der Waals surface area contributed by atoms with Crippen LogP contribution in [0, 0.1) is 0 Å². The maximum absolute atomic E-state index is 6.07. The molecule has 0 spiro atoms. The van der Waals surface area contributed by atoms with Crippen LogP contribution in [0.2, 0.25) is 5.02 Å². The lowest BCUT2D eigenvalue weighted by molar-refractivity contribution is 0.252. The van der Waals surface area contributed by atoms with Gasteiger partial charge in [0.1, 0.15) is 0 Å². The summed E-state index contributed by atoms with van der Waals surface area (Å²) in [4.78, 5) is 7.59. The van der Waals surface area contributed by atoms with E-state index in [-0.39, 0.29) is 0 Å². The lowest BCUT2D eigenvalue weighted by Gasteiger charge is -2.36. The van der Waals surface area contributed by atoms with E-state index in [1.54, 1.807) is 0 Å². The first kappa shape index (κ1) is 14.9. The van der Waals surface area contributed by atoms with Crippen LogP contribution in [0.15, 0.2) is 36.4 Å². The number of halogens is 1. The van der Waals surface area contributed by atoms with Gasteiger partial charge in [0.05, 0.1) is 0 Å². The van der Waals surface area contributed by atoms with Crippen LogP contribution >= 0.6 is 22.9 Å². The molecule has 0 bridgehead atoms. The fourth-order valence-electron chi connectivity index (χ4n) is 2.67. The van der Waals surface area contributed by atoms with Crippen molar-refractivity contribution in [1.29, 1.82) is 0 Å². The van der Waals surface area contributed by atoms with Gasteiger partial charge in [0.15, 0.2) is 0 Å². The van der Waals surface area contributed by atoms with E-state index in [9.17, 15) is 0 Å². The molecule has 0 unspecified atom stereocenters. The number of anilines is 1. The first-order valence-corrected chi connectivity index (χ1v) is 8.44. The van der Waals surface area contributed by atoms with Crippen LogP contribution < -0.4 is 10.6 Å². The fourth-order valence-corrected chi connectivity index (χ4v) is 3.80. The SMILES string of the molecule is NCc1ccc(CN2CCN(c3cccc(Cl)c3)CC2)s1. The summed E-state index contributed by atoms with van der Waals surface area (Å²) in [6, 6.07) is 12.5. The molecule has 1 fully saturated rings. The summed E-state index contributed by atoms with van der Waals surface area (Å²) in [6.45, 7) is 5.96. The van der Waals surface area contributed by atoms with E-state index in [0.29, 0.717) is 6.54 Å². The maximum Gasteiger partial charge on any atom is 0.0426 e. The topological polar surface area (TPSA) is 32.5 Å². The Morgan fingerprint density at radius 2 is 1.81 bits per heavy atom. The molecule has 0 amide bonds. The zero-order valence-electron chi connectivity index (χ0n) is 12.0. The zero-order valence-corrected chi connectivity index (χ0v) is 13.5. The van der Waals surface area contributed by atoms with Crippen molar-refractivity contribution in [1.82, 2.24) is 4.90 Å². The van der Waals surface area contributed by atoms with Crippen LogP contribution in [-0.4, -0.2) is 31.1 Å². The Hall–Kier alpha value is -1.07. The Bertz CT molecular complexity index is 591. The molecular formula is C16H20ClN3S. The monoisotopic (exact) mass is 321 g/mol. The van der Waals surface area contributed by atoms with Crippen molar-refractivity contribution < 1.29 is 0 Å². The van der Waals surface area contributed by atoms with E-state index in [1.165, 1.54) is 15.4 Å². The number of nitrogens with two attached hydrogens (primary N) is 1. The average molecular weight is 322 g/mol. The Labute approximate surface area is 134 Å². The highest BCUT2D eigenvalue weighted by molar-refractivity contribution is 7.11. The normalized spacial score (nSPS) is 16.4. The number of thiophene rings is 1. The predicted molar refractivity (Wildman–Crippen MR) is 91.2 cm³/mol. The number of benzene rings is 1. The molecular weight excluding hydrogens is 302 g/mol. The first-order chi connectivity index (χ1) is 10.2. The molecule has 112 valence electrons. The van der Waals surface area contributed by atoms with Gasteiger partial charge in [0.2, 0.25) is 0 Å². The van der Waals surface area contributed by atoms with Gasteiger partial charge >= 0.3 is 0 Å². The van der Waals surface area contributed by atoms with Gasteiger partial charge in [0, 0.05) is 59.7 Å². The highest BCUT2D eigenvalue weighted by Gasteiger charge is 2.17.